The molecule has 20 heavy (non-hydrogen) atoms. The van der Waals surface area contributed by atoms with Gasteiger partial charge in [0.2, 0.25) is 0 Å². The Labute approximate surface area is 114 Å². The van der Waals surface area contributed by atoms with Crippen LogP contribution in [0.15, 0.2) is 41.2 Å². The van der Waals surface area contributed by atoms with Crippen molar-refractivity contribution in [3.05, 3.63) is 41.7 Å². The van der Waals surface area contributed by atoms with Crippen molar-refractivity contribution in [3.63, 3.8) is 0 Å². The molecule has 1 aliphatic heterocycles. The number of aliphatic imine (C=N–C) groups is 1. The third-order valence-electron chi connectivity index (χ3n) is 2.98. The van der Waals surface area contributed by atoms with Crippen LogP contribution in [0, 0.1) is 0 Å². The zero-order valence-corrected chi connectivity index (χ0v) is 11.0. The zero-order chi connectivity index (χ0) is 14.8. The molecule has 1 atom stereocenters. The molecular formula is C13H15F3N4. The molecule has 0 saturated heterocycles. The molecule has 0 bridgehead atoms. The van der Waals surface area contributed by atoms with Crippen molar-refractivity contribution in [1.29, 1.82) is 0 Å². The van der Waals surface area contributed by atoms with Crippen molar-refractivity contribution in [1.82, 2.24) is 10.6 Å². The van der Waals surface area contributed by atoms with Crippen molar-refractivity contribution < 1.29 is 13.2 Å². The second-order valence-corrected chi connectivity index (χ2v) is 4.56. The fourth-order valence-electron chi connectivity index (χ4n) is 1.70. The number of rotatable bonds is 3. The average molecular weight is 284 g/mol. The molecule has 4 nitrogen and oxygen atoms in total. The Morgan fingerprint density at radius 2 is 1.85 bits per heavy atom. The third kappa shape index (κ3) is 3.30. The van der Waals surface area contributed by atoms with E-state index < -0.39 is 17.4 Å². The van der Waals surface area contributed by atoms with Gasteiger partial charge in [-0.2, -0.15) is 13.2 Å². The Morgan fingerprint density at radius 1 is 1.20 bits per heavy atom. The molecule has 1 aromatic rings. The van der Waals surface area contributed by atoms with Crippen LogP contribution in [0.5, 0.6) is 0 Å². The number of hydrogen-bond acceptors (Lipinski definition) is 4. The number of likely N-dealkylation sites (N-methyl/N-ethyl adjacent to an activating group) is 1. The highest BCUT2D eigenvalue weighted by Crippen LogP contribution is 2.30. The van der Waals surface area contributed by atoms with Crippen LogP contribution in [0.4, 0.5) is 18.9 Å². The first kappa shape index (κ1) is 14.4. The van der Waals surface area contributed by atoms with Crippen molar-refractivity contribution >= 4 is 12.0 Å². The molecule has 0 saturated carbocycles. The van der Waals surface area contributed by atoms with Gasteiger partial charge in [-0.15, -0.1) is 0 Å². The van der Waals surface area contributed by atoms with E-state index in [4.69, 9.17) is 0 Å². The second kappa shape index (κ2) is 5.16. The van der Waals surface area contributed by atoms with E-state index in [0.717, 1.165) is 12.1 Å². The van der Waals surface area contributed by atoms with Gasteiger partial charge in [-0.1, -0.05) is 0 Å². The topological polar surface area (TPSA) is 48.4 Å². The van der Waals surface area contributed by atoms with Crippen LogP contribution in [-0.4, -0.2) is 19.0 Å². The minimum atomic E-state index is -4.32. The molecule has 2 rings (SSSR count). The van der Waals surface area contributed by atoms with Crippen molar-refractivity contribution in [2.24, 2.45) is 4.99 Å². The van der Waals surface area contributed by atoms with E-state index in [1.54, 1.807) is 7.05 Å². The summed E-state index contributed by atoms with van der Waals surface area (Å²) in [7, 11) is 1.77. The monoisotopic (exact) mass is 284 g/mol. The molecule has 0 fully saturated rings. The number of nitrogens with zero attached hydrogens (tertiary/aromatic N) is 1. The first-order chi connectivity index (χ1) is 9.32. The van der Waals surface area contributed by atoms with Crippen LogP contribution < -0.4 is 16.0 Å². The van der Waals surface area contributed by atoms with Crippen molar-refractivity contribution in [3.8, 4) is 0 Å². The zero-order valence-electron chi connectivity index (χ0n) is 11.0. The molecule has 1 aromatic carbocycles. The molecule has 108 valence electrons. The molecule has 0 spiro atoms. The van der Waals surface area contributed by atoms with Gasteiger partial charge in [0.15, 0.2) is 0 Å². The number of halogens is 3. The molecule has 1 aliphatic rings. The van der Waals surface area contributed by atoms with Crippen LogP contribution in [-0.2, 0) is 6.18 Å². The maximum atomic E-state index is 12.5. The average Bonchev–Trinajstić information content (AvgIpc) is 2.38. The van der Waals surface area contributed by atoms with Crippen molar-refractivity contribution in [2.45, 2.75) is 18.8 Å². The Hall–Kier alpha value is -2.02. The van der Waals surface area contributed by atoms with E-state index in [-0.39, 0.29) is 0 Å². The van der Waals surface area contributed by atoms with Gasteiger partial charge < -0.3 is 10.6 Å². The van der Waals surface area contributed by atoms with Crippen LogP contribution in [0.2, 0.25) is 0 Å². The highest BCUT2D eigenvalue weighted by molar-refractivity contribution is 5.63. The van der Waals surface area contributed by atoms with Crippen LogP contribution >= 0.6 is 0 Å². The summed E-state index contributed by atoms with van der Waals surface area (Å²) in [5.41, 5.74) is -0.653. The fraction of sp³-hybridized carbons (Fsp3) is 0.308. The Balaban J connectivity index is 2.11. The molecule has 0 radical (unpaired) electrons. The predicted molar refractivity (Wildman–Crippen MR) is 72.2 cm³/mol. The minimum Gasteiger partial charge on any atom is -0.342 e. The summed E-state index contributed by atoms with van der Waals surface area (Å²) in [6.07, 6.45) is -0.980. The minimum absolute atomic E-state index is 0.542. The first-order valence-corrected chi connectivity index (χ1v) is 5.99. The normalized spacial score (nSPS) is 22.1. The molecule has 0 aliphatic carbocycles. The van der Waals surface area contributed by atoms with E-state index in [1.807, 2.05) is 13.0 Å². The Kier molecular flexibility index (Phi) is 3.71. The van der Waals surface area contributed by atoms with Gasteiger partial charge >= 0.3 is 6.18 Å². The van der Waals surface area contributed by atoms with Gasteiger partial charge in [0.25, 0.3) is 0 Å². The second-order valence-electron chi connectivity index (χ2n) is 4.56. The molecule has 1 unspecified atom stereocenters. The van der Waals surface area contributed by atoms with Gasteiger partial charge in [-0.05, 0) is 44.3 Å². The molecule has 1 heterocycles. The number of alkyl halides is 3. The molecule has 3 N–H and O–H groups in total. The van der Waals surface area contributed by atoms with E-state index in [9.17, 15) is 13.2 Å². The van der Waals surface area contributed by atoms with Gasteiger partial charge in [0.05, 0.1) is 11.9 Å². The summed E-state index contributed by atoms with van der Waals surface area (Å²) in [5, 5.41) is 8.92. The standard InChI is InChI=1S/C13H15F3N4/c1-12(17-2)7-11(18-8-19-12)20-10-5-3-9(4-6-10)13(14,15)16/h3-8,17,20H,1-2H3,(H,18,19). The summed E-state index contributed by atoms with van der Waals surface area (Å²) in [5.74, 6) is 0.650. The van der Waals surface area contributed by atoms with Gasteiger partial charge in [-0.3, -0.25) is 5.32 Å². The fourth-order valence-corrected chi connectivity index (χ4v) is 1.70. The largest absolute Gasteiger partial charge is 0.416 e. The van der Waals surface area contributed by atoms with Gasteiger partial charge in [0, 0.05) is 5.69 Å². The number of anilines is 1. The highest BCUT2D eigenvalue weighted by Gasteiger charge is 2.30. The van der Waals surface area contributed by atoms with Crippen molar-refractivity contribution in [2.75, 3.05) is 12.4 Å². The smallest absolute Gasteiger partial charge is 0.342 e. The molecular weight excluding hydrogens is 269 g/mol. The van der Waals surface area contributed by atoms with Gasteiger partial charge in [-0.25, -0.2) is 4.99 Å². The Morgan fingerprint density at radius 3 is 2.40 bits per heavy atom. The maximum absolute atomic E-state index is 12.5. The summed E-state index contributed by atoms with van der Waals surface area (Å²) in [4.78, 5) is 4.21. The van der Waals surface area contributed by atoms with Gasteiger partial charge in [0.1, 0.15) is 11.5 Å². The predicted octanol–water partition coefficient (Wildman–Crippen LogP) is 2.53. The summed E-state index contributed by atoms with van der Waals surface area (Å²) in [6, 6.07) is 4.84. The lowest BCUT2D eigenvalue weighted by Crippen LogP contribution is -2.41. The number of hydrogen-bond donors (Lipinski definition) is 3. The van der Waals surface area contributed by atoms with E-state index in [0.29, 0.717) is 11.5 Å². The summed E-state index contributed by atoms with van der Waals surface area (Å²) >= 11 is 0. The molecule has 0 aromatic heterocycles. The van der Waals surface area contributed by atoms with Crippen LogP contribution in [0.1, 0.15) is 12.5 Å². The van der Waals surface area contributed by atoms with E-state index >= 15 is 0 Å². The number of nitrogens with one attached hydrogen (secondary N) is 3. The molecule has 7 heteroatoms. The highest BCUT2D eigenvalue weighted by atomic mass is 19.4. The lowest BCUT2D eigenvalue weighted by molar-refractivity contribution is -0.137. The number of benzene rings is 1. The van der Waals surface area contributed by atoms with E-state index in [2.05, 4.69) is 20.9 Å². The van der Waals surface area contributed by atoms with E-state index in [1.165, 1.54) is 18.5 Å². The first-order valence-electron chi connectivity index (χ1n) is 5.99. The lowest BCUT2D eigenvalue weighted by atomic mass is 10.1. The molecule has 0 amide bonds. The van der Waals surface area contributed by atoms with Crippen LogP contribution in [0.25, 0.3) is 0 Å². The SMILES string of the molecule is CNC1(C)C=C(Nc2ccc(C(F)(F)F)cc2)NC=N1. The van der Waals surface area contributed by atoms with Crippen LogP contribution in [0.3, 0.4) is 0 Å². The summed E-state index contributed by atoms with van der Waals surface area (Å²) < 4.78 is 37.4. The quantitative estimate of drug-likeness (QED) is 0.799. The lowest BCUT2D eigenvalue weighted by Gasteiger charge is -2.26. The Bertz CT molecular complexity index is 534. The maximum Gasteiger partial charge on any atom is 0.416 e. The third-order valence-corrected chi connectivity index (χ3v) is 2.98. The summed E-state index contributed by atoms with van der Waals surface area (Å²) in [6.45, 7) is 1.87.